The molecule has 0 aliphatic heterocycles. The number of ketones is 1. The average Bonchev–Trinajstić information content (AvgIpc) is 2.72. The maximum absolute atomic E-state index is 13.0. The second kappa shape index (κ2) is 6.97. The van der Waals surface area contributed by atoms with E-state index in [4.69, 9.17) is 0 Å². The summed E-state index contributed by atoms with van der Waals surface area (Å²) in [7, 11) is 1.81. The van der Waals surface area contributed by atoms with Crippen LogP contribution in [0.5, 0.6) is 0 Å². The maximum Gasteiger partial charge on any atom is 0.211 e. The zero-order valence-electron chi connectivity index (χ0n) is 15.5. The lowest BCUT2D eigenvalue weighted by molar-refractivity contribution is -0.414. The van der Waals surface area contributed by atoms with Crippen LogP contribution in [0.25, 0.3) is 16.5 Å². The summed E-state index contributed by atoms with van der Waals surface area (Å²) >= 11 is 0. The number of benzene rings is 2. The molecule has 0 saturated heterocycles. The van der Waals surface area contributed by atoms with E-state index in [9.17, 15) is 9.90 Å². The molecule has 1 aliphatic rings. The zero-order chi connectivity index (χ0) is 19.0. The average molecular weight is 358 g/mol. The van der Waals surface area contributed by atoms with Crippen molar-refractivity contribution < 1.29 is 14.9 Å². The van der Waals surface area contributed by atoms with Gasteiger partial charge >= 0.3 is 0 Å². The number of aromatic amines is 1. The van der Waals surface area contributed by atoms with Gasteiger partial charge in [0.25, 0.3) is 0 Å². The van der Waals surface area contributed by atoms with Crippen LogP contribution >= 0.6 is 0 Å². The lowest BCUT2D eigenvalue weighted by atomic mass is 9.76. The molecule has 2 atom stereocenters. The number of Topliss-reactive ketones (excluding diaryl/α,β-unsaturated/α-hetero) is 1. The monoisotopic (exact) mass is 358 g/mol. The molecule has 4 nitrogen and oxygen atoms in total. The molecule has 0 bridgehead atoms. The molecule has 4 rings (SSSR count). The van der Waals surface area contributed by atoms with Gasteiger partial charge in [-0.1, -0.05) is 43.4 Å². The fourth-order valence-corrected chi connectivity index (χ4v) is 3.84. The predicted octanol–water partition coefficient (Wildman–Crippen LogP) is 2.63. The number of H-pyrrole nitrogens is 1. The maximum atomic E-state index is 13.0. The summed E-state index contributed by atoms with van der Waals surface area (Å²) in [5, 5.41) is 14.1. The first-order valence-electron chi connectivity index (χ1n) is 9.24. The number of aromatic nitrogens is 1. The highest BCUT2D eigenvalue weighted by Gasteiger charge is 2.43. The SMILES string of the molecule is CCC(=C1C(=O)C(N(C)c2ccccc2)C1[O-])c1ccc2ccccc2[nH+]1. The van der Waals surface area contributed by atoms with Gasteiger partial charge in [0.2, 0.25) is 11.2 Å². The number of likely N-dealkylation sites (N-methyl/N-ethyl adjacent to an activating group) is 1. The minimum absolute atomic E-state index is 0.0697. The number of carbonyl (C=O) groups excluding carboxylic acids is 1. The largest absolute Gasteiger partial charge is 0.847 e. The molecule has 1 aliphatic carbocycles. The fourth-order valence-electron chi connectivity index (χ4n) is 3.84. The van der Waals surface area contributed by atoms with Crippen LogP contribution in [0.15, 0.2) is 72.3 Å². The van der Waals surface area contributed by atoms with Crippen molar-refractivity contribution in [3.63, 3.8) is 0 Å². The number of hydrogen-bond donors (Lipinski definition) is 0. The lowest BCUT2D eigenvalue weighted by Crippen LogP contribution is -2.65. The molecule has 136 valence electrons. The van der Waals surface area contributed by atoms with Gasteiger partial charge in [0, 0.05) is 35.8 Å². The van der Waals surface area contributed by atoms with E-state index in [1.54, 1.807) is 4.90 Å². The van der Waals surface area contributed by atoms with Crippen LogP contribution in [0.3, 0.4) is 0 Å². The molecule has 4 heteroatoms. The Morgan fingerprint density at radius 3 is 2.44 bits per heavy atom. The Morgan fingerprint density at radius 2 is 1.74 bits per heavy atom. The van der Waals surface area contributed by atoms with Gasteiger partial charge in [-0.2, -0.15) is 0 Å². The molecule has 0 amide bonds. The van der Waals surface area contributed by atoms with E-state index in [-0.39, 0.29) is 5.78 Å². The molecule has 27 heavy (non-hydrogen) atoms. The van der Waals surface area contributed by atoms with Gasteiger partial charge in [0.15, 0.2) is 5.78 Å². The standard InChI is InChI=1S/C23H21N2O2/c1-3-17(19-14-13-15-9-7-8-12-18(15)24-19)20-22(26)21(23(20)27)25(2)16-10-5-4-6-11-16/h4-14,21-22H,3H2,1-2H3/q-1/p+1. The smallest absolute Gasteiger partial charge is 0.211 e. The number of nitrogens with one attached hydrogen (secondary N) is 1. The van der Waals surface area contributed by atoms with Crippen LogP contribution in [0, 0.1) is 0 Å². The third-order valence-corrected chi connectivity index (χ3v) is 5.35. The predicted molar refractivity (Wildman–Crippen MR) is 105 cm³/mol. The highest BCUT2D eigenvalue weighted by molar-refractivity contribution is 6.15. The van der Waals surface area contributed by atoms with Gasteiger partial charge < -0.3 is 10.0 Å². The van der Waals surface area contributed by atoms with Crippen molar-refractivity contribution in [1.82, 2.24) is 0 Å². The van der Waals surface area contributed by atoms with E-state index in [1.165, 1.54) is 0 Å². The van der Waals surface area contributed by atoms with Crippen molar-refractivity contribution in [1.29, 1.82) is 0 Å². The molecule has 2 aromatic carbocycles. The summed E-state index contributed by atoms with van der Waals surface area (Å²) in [4.78, 5) is 18.1. The molecule has 1 fully saturated rings. The summed E-state index contributed by atoms with van der Waals surface area (Å²) in [6, 6.07) is 20.9. The molecule has 1 heterocycles. The van der Waals surface area contributed by atoms with E-state index < -0.39 is 12.1 Å². The highest BCUT2D eigenvalue weighted by Crippen LogP contribution is 2.35. The van der Waals surface area contributed by atoms with Gasteiger partial charge in [-0.3, -0.25) is 4.79 Å². The van der Waals surface area contributed by atoms with Gasteiger partial charge in [-0.15, -0.1) is 0 Å². The number of hydrogen-bond acceptors (Lipinski definition) is 3. The van der Waals surface area contributed by atoms with E-state index in [2.05, 4.69) is 4.98 Å². The van der Waals surface area contributed by atoms with Crippen LogP contribution in [-0.2, 0) is 4.79 Å². The molecule has 1 N–H and O–H groups in total. The fraction of sp³-hybridized carbons (Fsp3) is 0.217. The van der Waals surface area contributed by atoms with Crippen molar-refractivity contribution in [3.05, 3.63) is 78.0 Å². The third-order valence-electron chi connectivity index (χ3n) is 5.35. The van der Waals surface area contributed by atoms with E-state index in [1.807, 2.05) is 80.7 Å². The molecule has 1 saturated carbocycles. The summed E-state index contributed by atoms with van der Waals surface area (Å²) < 4.78 is 0. The third kappa shape index (κ3) is 2.92. The number of para-hydroxylation sites is 2. The number of allylic oxidation sites excluding steroid dienone is 1. The first-order valence-corrected chi connectivity index (χ1v) is 9.24. The quantitative estimate of drug-likeness (QED) is 0.674. The summed E-state index contributed by atoms with van der Waals surface area (Å²) in [6.07, 6.45) is -0.409. The number of anilines is 1. The summed E-state index contributed by atoms with van der Waals surface area (Å²) in [6.45, 7) is 1.99. The van der Waals surface area contributed by atoms with Gasteiger partial charge in [0.1, 0.15) is 0 Å². The highest BCUT2D eigenvalue weighted by atomic mass is 16.3. The number of pyridine rings is 1. The van der Waals surface area contributed by atoms with Crippen LogP contribution in [-0.4, -0.2) is 25.0 Å². The second-order valence-corrected chi connectivity index (χ2v) is 6.88. The Bertz CT molecular complexity index is 1030. The Labute approximate surface area is 158 Å². The Balaban J connectivity index is 1.69. The van der Waals surface area contributed by atoms with E-state index in [0.717, 1.165) is 27.9 Å². The Hall–Kier alpha value is -2.98. The Kier molecular flexibility index (Phi) is 4.50. The van der Waals surface area contributed by atoms with Crippen molar-refractivity contribution in [3.8, 4) is 0 Å². The molecule has 1 aromatic heterocycles. The first-order chi connectivity index (χ1) is 13.1. The van der Waals surface area contributed by atoms with Crippen LogP contribution in [0.4, 0.5) is 5.69 Å². The van der Waals surface area contributed by atoms with E-state index >= 15 is 0 Å². The summed E-state index contributed by atoms with van der Waals surface area (Å²) in [5.41, 5.74) is 3.96. The van der Waals surface area contributed by atoms with Crippen molar-refractivity contribution in [2.24, 2.45) is 0 Å². The topological polar surface area (TPSA) is 57.5 Å². The van der Waals surface area contributed by atoms with Crippen molar-refractivity contribution >= 4 is 27.9 Å². The van der Waals surface area contributed by atoms with Crippen LogP contribution < -0.4 is 15.0 Å². The van der Waals surface area contributed by atoms with Gasteiger partial charge in [0.05, 0.1) is 6.04 Å². The van der Waals surface area contributed by atoms with Crippen molar-refractivity contribution in [2.45, 2.75) is 25.5 Å². The normalized spacial score (nSPS) is 21.1. The minimum Gasteiger partial charge on any atom is -0.847 e. The van der Waals surface area contributed by atoms with Gasteiger partial charge in [-0.25, -0.2) is 4.98 Å². The Morgan fingerprint density at radius 1 is 1.04 bits per heavy atom. The molecular weight excluding hydrogens is 336 g/mol. The van der Waals surface area contributed by atoms with Crippen LogP contribution in [0.2, 0.25) is 0 Å². The number of nitrogens with zero attached hydrogens (tertiary/aromatic N) is 1. The van der Waals surface area contributed by atoms with Crippen LogP contribution in [0.1, 0.15) is 19.0 Å². The summed E-state index contributed by atoms with van der Waals surface area (Å²) in [5.74, 6) is -0.0697. The molecule has 0 radical (unpaired) electrons. The second-order valence-electron chi connectivity index (χ2n) is 6.88. The van der Waals surface area contributed by atoms with E-state index in [0.29, 0.717) is 12.0 Å². The van der Waals surface area contributed by atoms with Gasteiger partial charge in [-0.05, 0) is 36.3 Å². The van der Waals surface area contributed by atoms with Crippen molar-refractivity contribution in [2.75, 3.05) is 11.9 Å². The first kappa shape index (κ1) is 17.4. The number of rotatable bonds is 4. The number of fused-ring (bicyclic) bond motifs is 1. The number of carbonyl (C=O) groups is 1. The zero-order valence-corrected chi connectivity index (χ0v) is 15.5. The minimum atomic E-state index is -1.04. The molecule has 3 aromatic rings. The molecular formula is C23H22N2O2. The molecule has 0 spiro atoms. The lowest BCUT2D eigenvalue weighted by Gasteiger charge is -2.49. The molecule has 2 unspecified atom stereocenters.